The van der Waals surface area contributed by atoms with Crippen LogP contribution in [0.25, 0.3) is 0 Å². The predicted octanol–water partition coefficient (Wildman–Crippen LogP) is 2.39. The summed E-state index contributed by atoms with van der Waals surface area (Å²) in [7, 11) is 5.83. The first-order chi connectivity index (χ1) is 11.2. The van der Waals surface area contributed by atoms with E-state index in [0.717, 1.165) is 49.6 Å². The van der Waals surface area contributed by atoms with Crippen LogP contribution in [0.2, 0.25) is 0 Å². The van der Waals surface area contributed by atoms with E-state index in [-0.39, 0.29) is 0 Å². The number of benzene rings is 1. The fourth-order valence-electron chi connectivity index (χ4n) is 3.16. The van der Waals surface area contributed by atoms with Crippen molar-refractivity contribution in [2.45, 2.75) is 38.4 Å². The highest BCUT2D eigenvalue weighted by Crippen LogP contribution is 2.26. The zero-order valence-corrected chi connectivity index (χ0v) is 14.1. The summed E-state index contributed by atoms with van der Waals surface area (Å²) in [6, 6.07) is 8.61. The smallest absolute Gasteiger partial charge is 0.140 e. The standard InChI is InChI=1S/C18H25N3O2/c1-21(2)12-16-15-10-14(8-9-18(15)23-20-16)19-11-13-6-4-5-7-17(13)22-3/h4-7,14,19H,8-12H2,1-3H3. The fraction of sp³-hybridized carbons (Fsp3) is 0.500. The van der Waals surface area contributed by atoms with E-state index in [4.69, 9.17) is 9.26 Å². The number of methoxy groups -OCH3 is 1. The average molecular weight is 315 g/mol. The Morgan fingerprint density at radius 1 is 1.35 bits per heavy atom. The normalized spacial score (nSPS) is 17.3. The Kier molecular flexibility index (Phi) is 4.98. The van der Waals surface area contributed by atoms with Gasteiger partial charge >= 0.3 is 0 Å². The number of rotatable bonds is 6. The molecule has 23 heavy (non-hydrogen) atoms. The zero-order valence-electron chi connectivity index (χ0n) is 14.1. The van der Waals surface area contributed by atoms with Crippen molar-refractivity contribution in [2.24, 2.45) is 0 Å². The molecule has 0 saturated heterocycles. The third-order valence-electron chi connectivity index (χ3n) is 4.36. The predicted molar refractivity (Wildman–Crippen MR) is 89.5 cm³/mol. The van der Waals surface area contributed by atoms with E-state index >= 15 is 0 Å². The van der Waals surface area contributed by atoms with E-state index in [1.54, 1.807) is 7.11 Å². The average Bonchev–Trinajstić information content (AvgIpc) is 2.95. The first kappa shape index (κ1) is 16.0. The fourth-order valence-corrected chi connectivity index (χ4v) is 3.16. The molecular weight excluding hydrogens is 290 g/mol. The molecule has 0 aliphatic heterocycles. The van der Waals surface area contributed by atoms with Crippen LogP contribution in [0.4, 0.5) is 0 Å². The van der Waals surface area contributed by atoms with Crippen LogP contribution in [-0.2, 0) is 25.9 Å². The van der Waals surface area contributed by atoms with Crippen molar-refractivity contribution in [1.29, 1.82) is 0 Å². The molecule has 0 amide bonds. The monoisotopic (exact) mass is 315 g/mol. The lowest BCUT2D eigenvalue weighted by Gasteiger charge is -2.23. The number of hydrogen-bond donors (Lipinski definition) is 1. The van der Waals surface area contributed by atoms with E-state index in [1.165, 1.54) is 11.1 Å². The Labute approximate surface area is 137 Å². The molecular formula is C18H25N3O2. The summed E-state index contributed by atoms with van der Waals surface area (Å²) < 4.78 is 10.9. The molecule has 0 fully saturated rings. The second-order valence-electron chi connectivity index (χ2n) is 6.40. The molecule has 1 aromatic carbocycles. The molecule has 5 heteroatoms. The number of aryl methyl sites for hydroxylation is 1. The molecule has 0 saturated carbocycles. The van der Waals surface area contributed by atoms with Crippen LogP contribution in [0, 0.1) is 0 Å². The minimum Gasteiger partial charge on any atom is -0.496 e. The maximum Gasteiger partial charge on any atom is 0.140 e. The third-order valence-corrected chi connectivity index (χ3v) is 4.36. The lowest BCUT2D eigenvalue weighted by atomic mass is 9.92. The number of aromatic nitrogens is 1. The second-order valence-corrected chi connectivity index (χ2v) is 6.40. The van der Waals surface area contributed by atoms with E-state index in [0.29, 0.717) is 6.04 Å². The van der Waals surface area contributed by atoms with Gasteiger partial charge in [0.15, 0.2) is 0 Å². The molecule has 5 nitrogen and oxygen atoms in total. The van der Waals surface area contributed by atoms with Crippen LogP contribution in [-0.4, -0.2) is 37.3 Å². The van der Waals surface area contributed by atoms with Gasteiger partial charge < -0.3 is 19.5 Å². The van der Waals surface area contributed by atoms with Crippen molar-refractivity contribution < 1.29 is 9.26 Å². The van der Waals surface area contributed by atoms with E-state index in [9.17, 15) is 0 Å². The molecule has 1 aliphatic rings. The molecule has 3 rings (SSSR count). The summed E-state index contributed by atoms with van der Waals surface area (Å²) >= 11 is 0. The van der Waals surface area contributed by atoms with Crippen molar-refractivity contribution in [3.05, 3.63) is 46.8 Å². The molecule has 1 unspecified atom stereocenters. The molecule has 0 radical (unpaired) electrons. The largest absolute Gasteiger partial charge is 0.496 e. The van der Waals surface area contributed by atoms with Gasteiger partial charge in [0.1, 0.15) is 17.2 Å². The topological polar surface area (TPSA) is 50.5 Å². The Morgan fingerprint density at radius 2 is 2.17 bits per heavy atom. The van der Waals surface area contributed by atoms with Gasteiger partial charge in [0.25, 0.3) is 0 Å². The first-order valence-corrected chi connectivity index (χ1v) is 8.13. The van der Waals surface area contributed by atoms with Gasteiger partial charge in [-0.3, -0.25) is 0 Å². The molecule has 1 heterocycles. The van der Waals surface area contributed by atoms with Crippen LogP contribution >= 0.6 is 0 Å². The number of ether oxygens (including phenoxy) is 1. The SMILES string of the molecule is COc1ccccc1CNC1CCc2onc(CN(C)C)c2C1. The minimum absolute atomic E-state index is 0.452. The summed E-state index contributed by atoms with van der Waals surface area (Å²) in [5, 5.41) is 7.91. The summed E-state index contributed by atoms with van der Waals surface area (Å²) in [6.45, 7) is 1.65. The molecule has 0 spiro atoms. The Balaban J connectivity index is 1.64. The minimum atomic E-state index is 0.452. The molecule has 1 atom stereocenters. The number of hydrogen-bond acceptors (Lipinski definition) is 5. The molecule has 2 aromatic rings. The van der Waals surface area contributed by atoms with Gasteiger partial charge in [-0.1, -0.05) is 23.4 Å². The van der Waals surface area contributed by atoms with Crippen LogP contribution in [0.3, 0.4) is 0 Å². The van der Waals surface area contributed by atoms with Gasteiger partial charge in [-0.05, 0) is 33.0 Å². The van der Waals surface area contributed by atoms with Crippen molar-refractivity contribution in [1.82, 2.24) is 15.4 Å². The summed E-state index contributed by atoms with van der Waals surface area (Å²) in [4.78, 5) is 2.13. The van der Waals surface area contributed by atoms with Gasteiger partial charge in [0.2, 0.25) is 0 Å². The molecule has 1 aliphatic carbocycles. The zero-order chi connectivity index (χ0) is 16.2. The van der Waals surface area contributed by atoms with Crippen LogP contribution < -0.4 is 10.1 Å². The first-order valence-electron chi connectivity index (χ1n) is 8.13. The maximum absolute atomic E-state index is 5.51. The van der Waals surface area contributed by atoms with Gasteiger partial charge in [0.05, 0.1) is 7.11 Å². The number of fused-ring (bicyclic) bond motifs is 1. The lowest BCUT2D eigenvalue weighted by molar-refractivity contribution is 0.339. The summed E-state index contributed by atoms with van der Waals surface area (Å²) in [5.74, 6) is 2.01. The second kappa shape index (κ2) is 7.15. The Hall–Kier alpha value is -1.85. The van der Waals surface area contributed by atoms with E-state index in [2.05, 4.69) is 35.5 Å². The quantitative estimate of drug-likeness (QED) is 0.887. The Morgan fingerprint density at radius 3 is 2.96 bits per heavy atom. The van der Waals surface area contributed by atoms with Crippen molar-refractivity contribution in [3.63, 3.8) is 0 Å². The van der Waals surface area contributed by atoms with Crippen molar-refractivity contribution >= 4 is 0 Å². The van der Waals surface area contributed by atoms with Crippen molar-refractivity contribution in [3.8, 4) is 5.75 Å². The number of nitrogens with zero attached hydrogens (tertiary/aromatic N) is 2. The molecule has 1 N–H and O–H groups in total. The lowest BCUT2D eigenvalue weighted by Crippen LogP contribution is -2.34. The number of nitrogens with one attached hydrogen (secondary N) is 1. The summed E-state index contributed by atoms with van der Waals surface area (Å²) in [5.41, 5.74) is 3.57. The molecule has 0 bridgehead atoms. The van der Waals surface area contributed by atoms with Crippen LogP contribution in [0.5, 0.6) is 5.75 Å². The van der Waals surface area contributed by atoms with Crippen LogP contribution in [0.15, 0.2) is 28.8 Å². The Bertz CT molecular complexity index is 651. The van der Waals surface area contributed by atoms with Gasteiger partial charge in [-0.15, -0.1) is 0 Å². The highest BCUT2D eigenvalue weighted by molar-refractivity contribution is 5.33. The summed E-state index contributed by atoms with van der Waals surface area (Å²) in [6.07, 6.45) is 3.02. The van der Waals surface area contributed by atoms with E-state index < -0.39 is 0 Å². The maximum atomic E-state index is 5.51. The van der Waals surface area contributed by atoms with Crippen molar-refractivity contribution in [2.75, 3.05) is 21.2 Å². The van der Waals surface area contributed by atoms with Gasteiger partial charge in [-0.25, -0.2) is 0 Å². The van der Waals surface area contributed by atoms with Crippen LogP contribution in [0.1, 0.15) is 29.0 Å². The van der Waals surface area contributed by atoms with Gasteiger partial charge in [0, 0.05) is 36.7 Å². The highest BCUT2D eigenvalue weighted by Gasteiger charge is 2.25. The highest BCUT2D eigenvalue weighted by atomic mass is 16.5. The third kappa shape index (κ3) is 3.74. The molecule has 124 valence electrons. The molecule has 1 aromatic heterocycles. The number of para-hydroxylation sites is 1. The van der Waals surface area contributed by atoms with Gasteiger partial charge in [-0.2, -0.15) is 0 Å². The van der Waals surface area contributed by atoms with E-state index in [1.807, 2.05) is 18.2 Å².